The van der Waals surface area contributed by atoms with Crippen LogP contribution in [0.15, 0.2) is 30.3 Å². The van der Waals surface area contributed by atoms with Gasteiger partial charge in [0.25, 0.3) is 0 Å². The Morgan fingerprint density at radius 3 is 2.48 bits per heavy atom. The maximum absolute atomic E-state index is 13.7. The van der Waals surface area contributed by atoms with Gasteiger partial charge >= 0.3 is 5.97 Å². The van der Waals surface area contributed by atoms with Crippen LogP contribution in [-0.2, 0) is 14.3 Å². The molecule has 3 rings (SSSR count). The molecule has 1 fully saturated rings. The monoisotopic (exact) mass is 453 g/mol. The molecule has 0 radical (unpaired) electrons. The molecule has 1 unspecified atom stereocenters. The highest BCUT2D eigenvalue weighted by molar-refractivity contribution is 6.32. The molecule has 31 heavy (non-hydrogen) atoms. The third kappa shape index (κ3) is 4.77. The summed E-state index contributed by atoms with van der Waals surface area (Å²) < 4.78 is 42.0. The van der Waals surface area contributed by atoms with E-state index in [4.69, 9.17) is 25.8 Å². The van der Waals surface area contributed by atoms with Crippen LogP contribution < -0.4 is 14.4 Å². The van der Waals surface area contributed by atoms with Crippen molar-refractivity contribution < 1.29 is 37.4 Å². The van der Waals surface area contributed by atoms with Gasteiger partial charge in [-0.2, -0.15) is 0 Å². The predicted molar refractivity (Wildman–Crippen MR) is 107 cm³/mol. The van der Waals surface area contributed by atoms with Crippen LogP contribution in [0.25, 0.3) is 0 Å². The van der Waals surface area contributed by atoms with Crippen molar-refractivity contribution in [2.24, 2.45) is 5.92 Å². The van der Waals surface area contributed by atoms with E-state index in [1.807, 2.05) is 0 Å². The Morgan fingerprint density at radius 1 is 1.13 bits per heavy atom. The topological polar surface area (TPSA) is 82.1 Å². The number of halogens is 3. The Kier molecular flexibility index (Phi) is 6.74. The quantitative estimate of drug-likeness (QED) is 0.472. The summed E-state index contributed by atoms with van der Waals surface area (Å²) >= 11 is 6.15. The lowest BCUT2D eigenvalue weighted by Gasteiger charge is -2.20. The van der Waals surface area contributed by atoms with E-state index in [0.29, 0.717) is 23.3 Å². The molecule has 10 heteroatoms. The first-order valence-electron chi connectivity index (χ1n) is 9.12. The zero-order valence-corrected chi connectivity index (χ0v) is 17.4. The van der Waals surface area contributed by atoms with Crippen molar-refractivity contribution >= 4 is 34.9 Å². The number of rotatable bonds is 7. The smallest absolute Gasteiger partial charge is 0.311 e. The number of anilines is 1. The van der Waals surface area contributed by atoms with E-state index in [1.54, 1.807) is 0 Å². The molecule has 1 heterocycles. The van der Waals surface area contributed by atoms with E-state index in [2.05, 4.69) is 0 Å². The summed E-state index contributed by atoms with van der Waals surface area (Å²) in [5.41, 5.74) is -0.0333. The average molecular weight is 454 g/mol. The van der Waals surface area contributed by atoms with E-state index < -0.39 is 41.5 Å². The largest absolute Gasteiger partial charge is 0.495 e. The molecule has 2 aromatic carbocycles. The van der Waals surface area contributed by atoms with Crippen LogP contribution in [0, 0.1) is 17.6 Å². The third-order valence-electron chi connectivity index (χ3n) is 4.78. The molecular formula is C21H18ClF2NO6. The molecule has 0 bridgehead atoms. The highest BCUT2D eigenvalue weighted by atomic mass is 35.5. The van der Waals surface area contributed by atoms with Gasteiger partial charge in [0.05, 0.1) is 36.4 Å². The zero-order chi connectivity index (χ0) is 22.7. The number of ether oxygens (including phenoxy) is 3. The number of methoxy groups -OCH3 is 2. The molecular weight excluding hydrogens is 436 g/mol. The van der Waals surface area contributed by atoms with Gasteiger partial charge in [-0.15, -0.1) is 0 Å². The molecule has 0 spiro atoms. The number of Topliss-reactive ketones (excluding diaryl/α,β-unsaturated/α-hetero) is 1. The summed E-state index contributed by atoms with van der Waals surface area (Å²) in [6, 6.07) is 5.48. The van der Waals surface area contributed by atoms with E-state index in [9.17, 15) is 23.2 Å². The van der Waals surface area contributed by atoms with E-state index in [1.165, 1.54) is 31.3 Å². The highest BCUT2D eigenvalue weighted by Gasteiger charge is 2.38. The van der Waals surface area contributed by atoms with Crippen molar-refractivity contribution in [3.05, 3.63) is 52.6 Å². The van der Waals surface area contributed by atoms with Crippen molar-refractivity contribution in [3.63, 3.8) is 0 Å². The maximum Gasteiger partial charge on any atom is 0.311 e. The first-order chi connectivity index (χ1) is 14.7. The first kappa shape index (κ1) is 22.5. The van der Waals surface area contributed by atoms with Gasteiger partial charge in [0, 0.05) is 25.1 Å². The summed E-state index contributed by atoms with van der Waals surface area (Å²) in [4.78, 5) is 38.3. The van der Waals surface area contributed by atoms with Crippen molar-refractivity contribution in [2.75, 3.05) is 32.3 Å². The zero-order valence-electron chi connectivity index (χ0n) is 16.6. The van der Waals surface area contributed by atoms with Gasteiger partial charge in [-0.1, -0.05) is 11.6 Å². The van der Waals surface area contributed by atoms with Crippen LogP contribution in [-0.4, -0.2) is 45.0 Å². The van der Waals surface area contributed by atoms with Crippen LogP contribution in [0.4, 0.5) is 14.5 Å². The Balaban J connectivity index is 1.68. The number of carbonyl (C=O) groups excluding carboxylic acids is 3. The predicted octanol–water partition coefficient (Wildman–Crippen LogP) is 3.41. The van der Waals surface area contributed by atoms with Gasteiger partial charge in [0.1, 0.15) is 23.1 Å². The molecule has 1 saturated heterocycles. The number of hydrogen-bond donors (Lipinski definition) is 0. The molecule has 7 nitrogen and oxygen atoms in total. The van der Waals surface area contributed by atoms with Crippen LogP contribution in [0.5, 0.6) is 11.5 Å². The minimum absolute atomic E-state index is 0.0181. The maximum atomic E-state index is 13.7. The number of benzene rings is 2. The number of esters is 1. The van der Waals surface area contributed by atoms with Crippen LogP contribution in [0.2, 0.25) is 5.02 Å². The molecule has 1 aliphatic heterocycles. The second kappa shape index (κ2) is 9.30. The van der Waals surface area contributed by atoms with E-state index in [-0.39, 0.29) is 23.9 Å². The van der Waals surface area contributed by atoms with Crippen molar-refractivity contribution in [1.82, 2.24) is 0 Å². The van der Waals surface area contributed by atoms with Crippen molar-refractivity contribution in [3.8, 4) is 11.5 Å². The standard InChI is InChI=1S/C21H18ClF2NO6/c1-29-18-8-19(30-2)16(7-14(18)22)25-9-11(5-20(25)27)21(28)31-10-17(26)13-4-3-12(23)6-15(13)24/h3-4,6-8,11H,5,9-10H2,1-2H3. The lowest BCUT2D eigenvalue weighted by molar-refractivity contribution is -0.147. The molecule has 0 saturated carbocycles. The Bertz CT molecular complexity index is 1040. The number of nitrogens with zero attached hydrogens (tertiary/aromatic N) is 1. The van der Waals surface area contributed by atoms with Crippen LogP contribution >= 0.6 is 11.6 Å². The van der Waals surface area contributed by atoms with Gasteiger partial charge in [-0.05, 0) is 18.2 Å². The number of ketones is 1. The number of hydrogen-bond acceptors (Lipinski definition) is 6. The summed E-state index contributed by atoms with van der Waals surface area (Å²) in [5.74, 6) is -4.01. The second-order valence-corrected chi connectivity index (χ2v) is 7.13. The fourth-order valence-corrected chi connectivity index (χ4v) is 3.44. The van der Waals surface area contributed by atoms with Gasteiger partial charge in [0.2, 0.25) is 11.7 Å². The van der Waals surface area contributed by atoms with E-state index >= 15 is 0 Å². The number of amides is 1. The van der Waals surface area contributed by atoms with E-state index in [0.717, 1.165) is 12.1 Å². The molecule has 164 valence electrons. The van der Waals surface area contributed by atoms with Gasteiger partial charge < -0.3 is 19.1 Å². The second-order valence-electron chi connectivity index (χ2n) is 6.72. The minimum Gasteiger partial charge on any atom is -0.495 e. The van der Waals surface area contributed by atoms with Crippen LogP contribution in [0.3, 0.4) is 0 Å². The fourth-order valence-electron chi connectivity index (χ4n) is 3.20. The lowest BCUT2D eigenvalue weighted by Crippen LogP contribution is -2.27. The summed E-state index contributed by atoms with van der Waals surface area (Å²) in [7, 11) is 2.85. The van der Waals surface area contributed by atoms with Gasteiger partial charge in [-0.25, -0.2) is 8.78 Å². The SMILES string of the molecule is COc1cc(OC)c(N2CC(C(=O)OCC(=O)c3ccc(F)cc3F)CC2=O)cc1Cl. The first-order valence-corrected chi connectivity index (χ1v) is 9.49. The Labute approximate surface area is 181 Å². The minimum atomic E-state index is -1.05. The Hall–Kier alpha value is -3.20. The van der Waals surface area contributed by atoms with Crippen LogP contribution in [0.1, 0.15) is 16.8 Å². The number of carbonyl (C=O) groups is 3. The summed E-state index contributed by atoms with van der Waals surface area (Å²) in [5, 5.41) is 0.254. The van der Waals surface area contributed by atoms with Gasteiger partial charge in [0.15, 0.2) is 6.61 Å². The molecule has 2 aromatic rings. The van der Waals surface area contributed by atoms with Gasteiger partial charge in [-0.3, -0.25) is 14.4 Å². The van der Waals surface area contributed by atoms with Crippen molar-refractivity contribution in [1.29, 1.82) is 0 Å². The molecule has 0 aromatic heterocycles. The highest BCUT2D eigenvalue weighted by Crippen LogP contribution is 2.40. The molecule has 0 aliphatic carbocycles. The van der Waals surface area contributed by atoms with Crippen molar-refractivity contribution in [2.45, 2.75) is 6.42 Å². The molecule has 1 amide bonds. The molecule has 1 aliphatic rings. The fraction of sp³-hybridized carbons (Fsp3) is 0.286. The third-order valence-corrected chi connectivity index (χ3v) is 5.07. The average Bonchev–Trinajstić information content (AvgIpc) is 3.13. The normalized spacial score (nSPS) is 15.7. The summed E-state index contributed by atoms with van der Waals surface area (Å²) in [6.45, 7) is -0.750. The lowest BCUT2D eigenvalue weighted by atomic mass is 10.1. The molecule has 1 atom stereocenters. The molecule has 0 N–H and O–H groups in total. The summed E-state index contributed by atoms with van der Waals surface area (Å²) in [6.07, 6.45) is -0.148. The Morgan fingerprint density at radius 2 is 1.84 bits per heavy atom.